The van der Waals surface area contributed by atoms with Crippen molar-refractivity contribution in [2.75, 3.05) is 6.54 Å². The van der Waals surface area contributed by atoms with E-state index in [0.29, 0.717) is 12.2 Å². The SMILES string of the molecule is CC1c2cc(-c3ccoc3)ccc2CCN1C(=O)c1cc2ccc(Br)cn2n1. The molecule has 1 amide bonds. The molecule has 0 saturated heterocycles. The van der Waals surface area contributed by atoms with Crippen LogP contribution in [0.5, 0.6) is 0 Å². The number of hydrogen-bond donors (Lipinski definition) is 0. The van der Waals surface area contributed by atoms with Crippen LogP contribution in [0.15, 0.2) is 70.1 Å². The first-order valence-electron chi connectivity index (χ1n) is 9.21. The van der Waals surface area contributed by atoms with Crippen LogP contribution in [0.4, 0.5) is 0 Å². The van der Waals surface area contributed by atoms with Gasteiger partial charge in [-0.25, -0.2) is 4.52 Å². The Balaban J connectivity index is 1.48. The Kier molecular flexibility index (Phi) is 4.09. The summed E-state index contributed by atoms with van der Waals surface area (Å²) < 4.78 is 7.87. The Labute approximate surface area is 170 Å². The molecule has 0 saturated carbocycles. The van der Waals surface area contributed by atoms with Gasteiger partial charge in [0.2, 0.25) is 0 Å². The molecule has 5 nitrogen and oxygen atoms in total. The molecule has 1 atom stereocenters. The van der Waals surface area contributed by atoms with Crippen molar-refractivity contribution in [2.45, 2.75) is 19.4 Å². The summed E-state index contributed by atoms with van der Waals surface area (Å²) in [5, 5.41) is 4.48. The summed E-state index contributed by atoms with van der Waals surface area (Å²) in [6.45, 7) is 2.77. The number of pyridine rings is 1. The Morgan fingerprint density at radius 1 is 1.18 bits per heavy atom. The molecule has 5 rings (SSSR count). The largest absolute Gasteiger partial charge is 0.472 e. The lowest BCUT2D eigenvalue weighted by atomic mass is 9.90. The average molecular weight is 436 g/mol. The number of benzene rings is 1. The van der Waals surface area contributed by atoms with E-state index in [1.807, 2.05) is 35.4 Å². The summed E-state index contributed by atoms with van der Waals surface area (Å²) in [6.07, 6.45) is 6.12. The number of nitrogens with zero attached hydrogens (tertiary/aromatic N) is 3. The first-order chi connectivity index (χ1) is 13.6. The second-order valence-electron chi connectivity index (χ2n) is 7.10. The molecule has 0 radical (unpaired) electrons. The van der Waals surface area contributed by atoms with E-state index in [-0.39, 0.29) is 11.9 Å². The molecule has 1 aliphatic heterocycles. The van der Waals surface area contributed by atoms with Crippen LogP contribution in [-0.4, -0.2) is 27.0 Å². The minimum absolute atomic E-state index is 0.0142. The minimum Gasteiger partial charge on any atom is -0.472 e. The highest BCUT2D eigenvalue weighted by Gasteiger charge is 2.30. The minimum atomic E-state index is -0.0355. The predicted octanol–water partition coefficient (Wildman–Crippen LogP) is 5.12. The Hall–Kier alpha value is -2.86. The van der Waals surface area contributed by atoms with Crippen molar-refractivity contribution in [1.82, 2.24) is 14.5 Å². The molecule has 1 aromatic carbocycles. The van der Waals surface area contributed by atoms with Crippen molar-refractivity contribution in [3.05, 3.63) is 82.5 Å². The highest BCUT2D eigenvalue weighted by Crippen LogP contribution is 2.34. The van der Waals surface area contributed by atoms with Crippen molar-refractivity contribution in [2.24, 2.45) is 0 Å². The number of amides is 1. The second-order valence-corrected chi connectivity index (χ2v) is 8.01. The summed E-state index contributed by atoms with van der Waals surface area (Å²) in [6, 6.07) is 14.1. The third-order valence-electron chi connectivity index (χ3n) is 5.44. The van der Waals surface area contributed by atoms with Crippen LogP contribution in [0, 0.1) is 0 Å². The van der Waals surface area contributed by atoms with E-state index in [1.165, 1.54) is 11.1 Å². The number of carbonyl (C=O) groups excluding carboxylic acids is 1. The lowest BCUT2D eigenvalue weighted by molar-refractivity contribution is 0.0671. The molecule has 0 bridgehead atoms. The molecular weight excluding hydrogens is 418 g/mol. The molecule has 140 valence electrons. The molecule has 6 heteroatoms. The summed E-state index contributed by atoms with van der Waals surface area (Å²) >= 11 is 3.44. The van der Waals surface area contributed by atoms with E-state index in [1.54, 1.807) is 17.0 Å². The number of aromatic nitrogens is 2. The molecule has 3 aromatic heterocycles. The third kappa shape index (κ3) is 2.85. The van der Waals surface area contributed by atoms with E-state index < -0.39 is 0 Å². The van der Waals surface area contributed by atoms with Gasteiger partial charge in [0, 0.05) is 22.8 Å². The standard InChI is InChI=1S/C22H18BrN3O2/c1-14-20-10-16(17-7-9-28-13-17)3-2-15(20)6-8-25(14)22(27)21-11-19-5-4-18(23)12-26(19)24-21/h2-5,7,9-14H,6,8H2,1H3. The van der Waals surface area contributed by atoms with Crippen molar-refractivity contribution in [1.29, 1.82) is 0 Å². The van der Waals surface area contributed by atoms with E-state index >= 15 is 0 Å². The maximum Gasteiger partial charge on any atom is 0.274 e. The van der Waals surface area contributed by atoms with Crippen LogP contribution in [0.1, 0.15) is 34.6 Å². The average Bonchev–Trinajstić information content (AvgIpc) is 3.37. The number of furan rings is 1. The van der Waals surface area contributed by atoms with Gasteiger partial charge in [0.15, 0.2) is 5.69 Å². The molecule has 0 N–H and O–H groups in total. The van der Waals surface area contributed by atoms with Gasteiger partial charge in [-0.1, -0.05) is 12.1 Å². The predicted molar refractivity (Wildman–Crippen MR) is 110 cm³/mol. The quantitative estimate of drug-likeness (QED) is 0.439. The number of halogens is 1. The van der Waals surface area contributed by atoms with Crippen LogP contribution in [0.25, 0.3) is 16.6 Å². The molecular formula is C22H18BrN3O2. The zero-order chi connectivity index (χ0) is 19.3. The number of rotatable bonds is 2. The van der Waals surface area contributed by atoms with Gasteiger partial charge in [-0.3, -0.25) is 4.79 Å². The van der Waals surface area contributed by atoms with Gasteiger partial charge in [-0.2, -0.15) is 5.10 Å². The van der Waals surface area contributed by atoms with Crippen LogP contribution in [0.3, 0.4) is 0 Å². The van der Waals surface area contributed by atoms with Gasteiger partial charge in [0.05, 0.1) is 24.1 Å². The highest BCUT2D eigenvalue weighted by molar-refractivity contribution is 9.10. The number of hydrogen-bond acceptors (Lipinski definition) is 3. The van der Waals surface area contributed by atoms with Gasteiger partial charge in [0.1, 0.15) is 0 Å². The van der Waals surface area contributed by atoms with Crippen molar-refractivity contribution in [3.8, 4) is 11.1 Å². The first-order valence-corrected chi connectivity index (χ1v) is 10.0. The normalized spacial score (nSPS) is 16.4. The van der Waals surface area contributed by atoms with E-state index in [4.69, 9.17) is 4.42 Å². The Morgan fingerprint density at radius 3 is 2.89 bits per heavy atom. The molecule has 4 heterocycles. The summed E-state index contributed by atoms with van der Waals surface area (Å²) in [7, 11) is 0. The van der Waals surface area contributed by atoms with Crippen LogP contribution in [0.2, 0.25) is 0 Å². The van der Waals surface area contributed by atoms with Crippen molar-refractivity contribution in [3.63, 3.8) is 0 Å². The van der Waals surface area contributed by atoms with Crippen LogP contribution in [-0.2, 0) is 6.42 Å². The Morgan fingerprint density at radius 2 is 2.07 bits per heavy atom. The highest BCUT2D eigenvalue weighted by atomic mass is 79.9. The fraction of sp³-hybridized carbons (Fsp3) is 0.182. The zero-order valence-corrected chi connectivity index (χ0v) is 16.9. The molecule has 0 fully saturated rings. The van der Waals surface area contributed by atoms with E-state index in [9.17, 15) is 4.79 Å². The van der Waals surface area contributed by atoms with Crippen molar-refractivity contribution < 1.29 is 9.21 Å². The van der Waals surface area contributed by atoms with Gasteiger partial charge < -0.3 is 9.32 Å². The molecule has 1 unspecified atom stereocenters. The zero-order valence-electron chi connectivity index (χ0n) is 15.3. The molecule has 0 aliphatic carbocycles. The summed E-state index contributed by atoms with van der Waals surface area (Å²) in [5.41, 5.74) is 6.00. The molecule has 0 spiro atoms. The second kappa shape index (κ2) is 6.63. The van der Waals surface area contributed by atoms with Crippen molar-refractivity contribution >= 4 is 27.4 Å². The fourth-order valence-electron chi connectivity index (χ4n) is 3.91. The number of fused-ring (bicyclic) bond motifs is 2. The smallest absolute Gasteiger partial charge is 0.274 e. The van der Waals surface area contributed by atoms with E-state index in [0.717, 1.165) is 27.5 Å². The first kappa shape index (κ1) is 17.3. The number of carbonyl (C=O) groups is 1. The van der Waals surface area contributed by atoms with E-state index in [2.05, 4.69) is 46.2 Å². The maximum atomic E-state index is 13.2. The maximum absolute atomic E-state index is 13.2. The fourth-order valence-corrected chi connectivity index (χ4v) is 4.24. The summed E-state index contributed by atoms with van der Waals surface area (Å²) in [4.78, 5) is 15.1. The topological polar surface area (TPSA) is 50.8 Å². The van der Waals surface area contributed by atoms with Gasteiger partial charge in [-0.15, -0.1) is 0 Å². The monoisotopic (exact) mass is 435 g/mol. The van der Waals surface area contributed by atoms with Gasteiger partial charge in [0.25, 0.3) is 5.91 Å². The molecule has 28 heavy (non-hydrogen) atoms. The molecule has 1 aliphatic rings. The van der Waals surface area contributed by atoms with Gasteiger partial charge in [-0.05, 0) is 76.3 Å². The lowest BCUT2D eigenvalue weighted by Gasteiger charge is -2.35. The van der Waals surface area contributed by atoms with Gasteiger partial charge >= 0.3 is 0 Å². The summed E-state index contributed by atoms with van der Waals surface area (Å²) in [5.74, 6) is -0.0355. The molecule has 4 aromatic rings. The Bertz CT molecular complexity index is 1180. The van der Waals surface area contributed by atoms with Crippen LogP contribution >= 0.6 is 15.9 Å². The lowest BCUT2D eigenvalue weighted by Crippen LogP contribution is -2.39. The van der Waals surface area contributed by atoms with Crippen LogP contribution < -0.4 is 0 Å². The third-order valence-corrected chi connectivity index (χ3v) is 5.91.